The lowest BCUT2D eigenvalue weighted by molar-refractivity contribution is 0.352. The average molecular weight is 331 g/mol. The first-order valence-electron chi connectivity index (χ1n) is 7.02. The van der Waals surface area contributed by atoms with Gasteiger partial charge in [-0.1, -0.05) is 20.3 Å². The molecule has 5 heteroatoms. The van der Waals surface area contributed by atoms with Gasteiger partial charge in [0.25, 0.3) is 0 Å². The summed E-state index contributed by atoms with van der Waals surface area (Å²) in [7, 11) is 6.21. The second kappa shape index (κ2) is 8.02. The molecule has 0 saturated carbocycles. The van der Waals surface area contributed by atoms with Gasteiger partial charge in [-0.05, 0) is 49.4 Å². The van der Waals surface area contributed by atoms with Crippen LogP contribution in [0.3, 0.4) is 0 Å². The first-order chi connectivity index (χ1) is 8.99. The van der Waals surface area contributed by atoms with E-state index in [0.717, 1.165) is 24.0 Å². The summed E-state index contributed by atoms with van der Waals surface area (Å²) in [5.41, 5.74) is 1.27. The average Bonchev–Trinajstić information content (AvgIpc) is 2.74. The minimum atomic E-state index is 0.356. The van der Waals surface area contributed by atoms with Crippen molar-refractivity contribution in [3.63, 3.8) is 0 Å². The second-order valence-electron chi connectivity index (χ2n) is 5.49. The van der Waals surface area contributed by atoms with E-state index >= 15 is 0 Å². The summed E-state index contributed by atoms with van der Waals surface area (Å²) in [6.45, 7) is 6.47. The van der Waals surface area contributed by atoms with Gasteiger partial charge in [-0.25, -0.2) is 0 Å². The first-order valence-corrected chi connectivity index (χ1v) is 7.82. The molecule has 0 amide bonds. The van der Waals surface area contributed by atoms with Crippen LogP contribution in [0.25, 0.3) is 0 Å². The van der Waals surface area contributed by atoms with Gasteiger partial charge >= 0.3 is 0 Å². The third kappa shape index (κ3) is 4.89. The van der Waals surface area contributed by atoms with Gasteiger partial charge in [-0.2, -0.15) is 5.10 Å². The Labute approximate surface area is 125 Å². The molecular formula is C14H27BrN4. The topological polar surface area (TPSA) is 33.1 Å². The van der Waals surface area contributed by atoms with Crippen molar-refractivity contribution in [3.8, 4) is 0 Å². The van der Waals surface area contributed by atoms with Crippen LogP contribution in [0.5, 0.6) is 0 Å². The van der Waals surface area contributed by atoms with Crippen molar-refractivity contribution < 1.29 is 0 Å². The molecule has 0 aliphatic rings. The molecule has 2 unspecified atom stereocenters. The van der Waals surface area contributed by atoms with E-state index in [2.05, 4.69) is 63.9 Å². The van der Waals surface area contributed by atoms with Crippen LogP contribution in [0.15, 0.2) is 10.7 Å². The Morgan fingerprint density at radius 2 is 2.16 bits per heavy atom. The molecule has 19 heavy (non-hydrogen) atoms. The SMILES string of the molecule is CCC(C)CC(NC)c1c(Br)cnn1CCN(C)C. The summed E-state index contributed by atoms with van der Waals surface area (Å²) in [5, 5.41) is 7.93. The number of aromatic nitrogens is 2. The van der Waals surface area contributed by atoms with E-state index < -0.39 is 0 Å². The minimum absolute atomic E-state index is 0.356. The van der Waals surface area contributed by atoms with Crippen molar-refractivity contribution in [1.82, 2.24) is 20.0 Å². The molecule has 1 rings (SSSR count). The van der Waals surface area contributed by atoms with E-state index in [-0.39, 0.29) is 0 Å². The van der Waals surface area contributed by atoms with Gasteiger partial charge in [-0.3, -0.25) is 4.68 Å². The van der Waals surface area contributed by atoms with E-state index in [0.29, 0.717) is 12.0 Å². The Hall–Kier alpha value is -0.390. The maximum atomic E-state index is 4.49. The van der Waals surface area contributed by atoms with Crippen LogP contribution in [0.4, 0.5) is 0 Å². The van der Waals surface area contributed by atoms with Gasteiger partial charge in [0.15, 0.2) is 0 Å². The van der Waals surface area contributed by atoms with Gasteiger partial charge in [0, 0.05) is 6.54 Å². The number of likely N-dealkylation sites (N-methyl/N-ethyl adjacent to an activating group) is 1. The third-order valence-electron chi connectivity index (χ3n) is 3.61. The monoisotopic (exact) mass is 330 g/mol. The highest BCUT2D eigenvalue weighted by Gasteiger charge is 2.20. The number of nitrogens with one attached hydrogen (secondary N) is 1. The zero-order chi connectivity index (χ0) is 14.4. The molecule has 4 nitrogen and oxygen atoms in total. The van der Waals surface area contributed by atoms with Gasteiger partial charge < -0.3 is 10.2 Å². The maximum Gasteiger partial charge on any atom is 0.0696 e. The Kier molecular flexibility index (Phi) is 7.04. The summed E-state index contributed by atoms with van der Waals surface area (Å²) in [5.74, 6) is 0.710. The molecule has 0 fully saturated rings. The molecule has 0 aliphatic heterocycles. The highest BCUT2D eigenvalue weighted by Crippen LogP contribution is 2.28. The zero-order valence-electron chi connectivity index (χ0n) is 12.8. The standard InChI is InChI=1S/C14H27BrN4/c1-6-11(2)9-13(16-3)14-12(15)10-17-19(14)8-7-18(4)5/h10-11,13,16H,6-9H2,1-5H3. The maximum absolute atomic E-state index is 4.49. The quantitative estimate of drug-likeness (QED) is 0.795. The van der Waals surface area contributed by atoms with Crippen LogP contribution in [0.1, 0.15) is 38.4 Å². The number of hydrogen-bond donors (Lipinski definition) is 1. The van der Waals surface area contributed by atoms with Crippen LogP contribution in [0, 0.1) is 5.92 Å². The van der Waals surface area contributed by atoms with E-state index in [1.165, 1.54) is 12.1 Å². The molecule has 0 spiro atoms. The van der Waals surface area contributed by atoms with Crippen LogP contribution in [0.2, 0.25) is 0 Å². The Bertz CT molecular complexity index is 376. The van der Waals surface area contributed by atoms with E-state index in [1.807, 2.05) is 13.2 Å². The number of rotatable bonds is 8. The van der Waals surface area contributed by atoms with Gasteiger partial charge in [0.2, 0.25) is 0 Å². The summed E-state index contributed by atoms with van der Waals surface area (Å²) in [6.07, 6.45) is 4.26. The highest BCUT2D eigenvalue weighted by atomic mass is 79.9. The Morgan fingerprint density at radius 3 is 2.68 bits per heavy atom. The molecule has 2 atom stereocenters. The molecule has 0 aromatic carbocycles. The van der Waals surface area contributed by atoms with Crippen LogP contribution in [-0.4, -0.2) is 42.4 Å². The predicted molar refractivity (Wildman–Crippen MR) is 84.4 cm³/mol. The van der Waals surface area contributed by atoms with E-state index in [1.54, 1.807) is 0 Å². The molecule has 1 aromatic heterocycles. The van der Waals surface area contributed by atoms with Crippen molar-refractivity contribution in [2.24, 2.45) is 5.92 Å². The molecule has 1 N–H and O–H groups in total. The fraction of sp³-hybridized carbons (Fsp3) is 0.786. The van der Waals surface area contributed by atoms with Crippen LogP contribution >= 0.6 is 15.9 Å². The molecule has 1 aromatic rings. The first kappa shape index (κ1) is 16.7. The van der Waals surface area contributed by atoms with Gasteiger partial charge in [0.1, 0.15) is 0 Å². The summed E-state index contributed by atoms with van der Waals surface area (Å²) in [6, 6.07) is 0.356. The van der Waals surface area contributed by atoms with Crippen LogP contribution < -0.4 is 5.32 Å². The second-order valence-corrected chi connectivity index (χ2v) is 6.35. The lowest BCUT2D eigenvalue weighted by Gasteiger charge is -2.22. The van der Waals surface area contributed by atoms with Crippen molar-refractivity contribution in [1.29, 1.82) is 0 Å². The number of nitrogens with zero attached hydrogens (tertiary/aromatic N) is 3. The predicted octanol–water partition coefficient (Wildman–Crippen LogP) is 2.90. The molecule has 0 saturated heterocycles. The molecule has 0 radical (unpaired) electrons. The minimum Gasteiger partial charge on any atom is -0.312 e. The van der Waals surface area contributed by atoms with Crippen molar-refractivity contribution >= 4 is 15.9 Å². The summed E-state index contributed by atoms with van der Waals surface area (Å²) >= 11 is 3.64. The van der Waals surface area contributed by atoms with Gasteiger partial charge in [0.05, 0.1) is 29.0 Å². The third-order valence-corrected chi connectivity index (χ3v) is 4.22. The normalized spacial score (nSPS) is 14.9. The van der Waals surface area contributed by atoms with Crippen molar-refractivity contribution in [2.45, 2.75) is 39.3 Å². The molecular weight excluding hydrogens is 304 g/mol. The molecule has 0 bridgehead atoms. The summed E-state index contributed by atoms with van der Waals surface area (Å²) < 4.78 is 3.22. The van der Waals surface area contributed by atoms with E-state index in [9.17, 15) is 0 Å². The smallest absolute Gasteiger partial charge is 0.0696 e. The Morgan fingerprint density at radius 1 is 1.47 bits per heavy atom. The van der Waals surface area contributed by atoms with Crippen LogP contribution in [-0.2, 0) is 6.54 Å². The largest absolute Gasteiger partial charge is 0.312 e. The number of halogens is 1. The van der Waals surface area contributed by atoms with Crippen molar-refractivity contribution in [2.75, 3.05) is 27.7 Å². The fourth-order valence-electron chi connectivity index (χ4n) is 2.13. The fourth-order valence-corrected chi connectivity index (χ4v) is 2.70. The summed E-state index contributed by atoms with van der Waals surface area (Å²) in [4.78, 5) is 2.18. The molecule has 1 heterocycles. The van der Waals surface area contributed by atoms with E-state index in [4.69, 9.17) is 0 Å². The highest BCUT2D eigenvalue weighted by molar-refractivity contribution is 9.10. The molecule has 0 aliphatic carbocycles. The zero-order valence-corrected chi connectivity index (χ0v) is 14.4. The Balaban J connectivity index is 2.86. The number of hydrogen-bond acceptors (Lipinski definition) is 3. The lowest BCUT2D eigenvalue weighted by Crippen LogP contribution is -2.26. The van der Waals surface area contributed by atoms with Gasteiger partial charge in [-0.15, -0.1) is 0 Å². The lowest BCUT2D eigenvalue weighted by atomic mass is 9.97. The molecule has 110 valence electrons. The van der Waals surface area contributed by atoms with Crippen molar-refractivity contribution in [3.05, 3.63) is 16.4 Å².